The number of nitrogens with one attached hydrogen (secondary N) is 1. The summed E-state index contributed by atoms with van der Waals surface area (Å²) in [5, 5.41) is 2.37. The van der Waals surface area contributed by atoms with Crippen LogP contribution < -0.4 is 5.32 Å². The molecule has 6 heteroatoms. The zero-order valence-electron chi connectivity index (χ0n) is 13.0. The fourth-order valence-corrected chi connectivity index (χ4v) is 3.09. The van der Waals surface area contributed by atoms with Crippen molar-refractivity contribution in [3.8, 4) is 0 Å². The first kappa shape index (κ1) is 15.9. The second-order valence-electron chi connectivity index (χ2n) is 6.61. The number of imide groups is 2. The SMILES string of the molecule is COC(C)(C)CN1C(=O)NC(=O)C2(CCCCCC2)C1=O. The van der Waals surface area contributed by atoms with Crippen LogP contribution in [-0.4, -0.2) is 42.0 Å². The van der Waals surface area contributed by atoms with E-state index in [4.69, 9.17) is 4.74 Å². The van der Waals surface area contributed by atoms with E-state index in [-0.39, 0.29) is 12.5 Å². The van der Waals surface area contributed by atoms with Crippen LogP contribution in [0.2, 0.25) is 0 Å². The highest BCUT2D eigenvalue weighted by Gasteiger charge is 2.53. The predicted molar refractivity (Wildman–Crippen MR) is 76.5 cm³/mol. The number of hydrogen-bond donors (Lipinski definition) is 1. The van der Waals surface area contributed by atoms with E-state index in [9.17, 15) is 14.4 Å². The molecule has 21 heavy (non-hydrogen) atoms. The zero-order chi connectivity index (χ0) is 15.7. The molecule has 2 aliphatic rings. The molecule has 0 atom stereocenters. The van der Waals surface area contributed by atoms with E-state index in [1.165, 1.54) is 0 Å². The maximum Gasteiger partial charge on any atom is 0.330 e. The van der Waals surface area contributed by atoms with Crippen LogP contribution in [0.5, 0.6) is 0 Å². The Morgan fingerprint density at radius 1 is 1.14 bits per heavy atom. The van der Waals surface area contributed by atoms with Gasteiger partial charge >= 0.3 is 6.03 Å². The summed E-state index contributed by atoms with van der Waals surface area (Å²) < 4.78 is 5.31. The molecule has 1 aliphatic carbocycles. The number of rotatable bonds is 3. The molecule has 2 rings (SSSR count). The van der Waals surface area contributed by atoms with Crippen LogP contribution in [0.15, 0.2) is 0 Å². The van der Waals surface area contributed by atoms with E-state index in [1.54, 1.807) is 7.11 Å². The average molecular weight is 296 g/mol. The summed E-state index contributed by atoms with van der Waals surface area (Å²) in [6.45, 7) is 3.76. The van der Waals surface area contributed by atoms with Gasteiger partial charge in [0.25, 0.3) is 0 Å². The Morgan fingerprint density at radius 2 is 1.71 bits per heavy atom. The maximum absolute atomic E-state index is 12.9. The van der Waals surface area contributed by atoms with Crippen LogP contribution >= 0.6 is 0 Å². The van der Waals surface area contributed by atoms with Crippen molar-refractivity contribution in [3.05, 3.63) is 0 Å². The topological polar surface area (TPSA) is 75.7 Å². The van der Waals surface area contributed by atoms with Crippen LogP contribution in [0.4, 0.5) is 4.79 Å². The minimum Gasteiger partial charge on any atom is -0.377 e. The maximum atomic E-state index is 12.9. The molecule has 2 fully saturated rings. The van der Waals surface area contributed by atoms with E-state index < -0.39 is 23.0 Å². The number of urea groups is 1. The van der Waals surface area contributed by atoms with Crippen molar-refractivity contribution in [3.63, 3.8) is 0 Å². The number of amides is 4. The molecular formula is C15H24N2O4. The Labute approximate surface area is 125 Å². The Hall–Kier alpha value is -1.43. The van der Waals surface area contributed by atoms with Crippen LogP contribution in [-0.2, 0) is 14.3 Å². The molecular weight excluding hydrogens is 272 g/mol. The molecule has 1 heterocycles. The smallest absolute Gasteiger partial charge is 0.330 e. The monoisotopic (exact) mass is 296 g/mol. The molecule has 0 aromatic carbocycles. The van der Waals surface area contributed by atoms with Crippen LogP contribution in [0.25, 0.3) is 0 Å². The number of methoxy groups -OCH3 is 1. The van der Waals surface area contributed by atoms with Crippen LogP contribution in [0.1, 0.15) is 52.4 Å². The Morgan fingerprint density at radius 3 is 2.24 bits per heavy atom. The highest BCUT2D eigenvalue weighted by Crippen LogP contribution is 2.39. The van der Waals surface area contributed by atoms with Gasteiger partial charge in [-0.15, -0.1) is 0 Å². The number of hydrogen-bond acceptors (Lipinski definition) is 4. The minimum atomic E-state index is -1.06. The minimum absolute atomic E-state index is 0.142. The Bertz CT molecular complexity index is 451. The van der Waals surface area contributed by atoms with Gasteiger partial charge in [0.2, 0.25) is 11.8 Å². The molecule has 1 aliphatic heterocycles. The number of carbonyl (C=O) groups excluding carboxylic acids is 3. The van der Waals surface area contributed by atoms with E-state index >= 15 is 0 Å². The number of barbiturate groups is 1. The lowest BCUT2D eigenvalue weighted by Gasteiger charge is -2.41. The number of carbonyl (C=O) groups is 3. The fraction of sp³-hybridized carbons (Fsp3) is 0.800. The van der Waals surface area contributed by atoms with Gasteiger partial charge in [-0.2, -0.15) is 0 Å². The van der Waals surface area contributed by atoms with Gasteiger partial charge in [0.15, 0.2) is 0 Å². The summed E-state index contributed by atoms with van der Waals surface area (Å²) in [4.78, 5) is 38.4. The number of nitrogens with zero attached hydrogens (tertiary/aromatic N) is 1. The van der Waals surface area contributed by atoms with Gasteiger partial charge in [-0.1, -0.05) is 25.7 Å². The molecule has 0 aromatic rings. The number of ether oxygens (including phenoxy) is 1. The lowest BCUT2D eigenvalue weighted by atomic mass is 9.76. The van der Waals surface area contributed by atoms with Gasteiger partial charge in [-0.25, -0.2) is 4.79 Å². The third kappa shape index (κ3) is 2.95. The second-order valence-corrected chi connectivity index (χ2v) is 6.61. The molecule has 118 valence electrons. The highest BCUT2D eigenvalue weighted by molar-refractivity contribution is 6.19. The van der Waals surface area contributed by atoms with Gasteiger partial charge in [-0.3, -0.25) is 19.8 Å². The highest BCUT2D eigenvalue weighted by atomic mass is 16.5. The van der Waals surface area contributed by atoms with Crippen molar-refractivity contribution in [2.45, 2.75) is 58.0 Å². The van der Waals surface area contributed by atoms with E-state index in [0.29, 0.717) is 12.8 Å². The van der Waals surface area contributed by atoms with Gasteiger partial charge in [0.1, 0.15) is 5.41 Å². The van der Waals surface area contributed by atoms with Crippen molar-refractivity contribution in [2.24, 2.45) is 5.41 Å². The first-order valence-corrected chi connectivity index (χ1v) is 7.55. The quantitative estimate of drug-likeness (QED) is 0.806. The molecule has 6 nitrogen and oxygen atoms in total. The Balaban J connectivity index is 2.29. The van der Waals surface area contributed by atoms with Crippen molar-refractivity contribution >= 4 is 17.8 Å². The van der Waals surface area contributed by atoms with Crippen molar-refractivity contribution in [1.29, 1.82) is 0 Å². The van der Waals surface area contributed by atoms with E-state index in [2.05, 4.69) is 5.32 Å². The van der Waals surface area contributed by atoms with Crippen molar-refractivity contribution < 1.29 is 19.1 Å². The standard InChI is InChI=1S/C15H24N2O4/c1-14(2,21-3)10-17-12(19)15(11(18)16-13(17)20)8-6-4-5-7-9-15/h4-10H2,1-3H3,(H,16,18,20). The third-order valence-electron chi connectivity index (χ3n) is 4.60. The first-order chi connectivity index (χ1) is 9.82. The Kier molecular flexibility index (Phi) is 4.37. The lowest BCUT2D eigenvalue weighted by molar-refractivity contribution is -0.154. The predicted octanol–water partition coefficient (Wildman–Crippen LogP) is 1.83. The summed E-state index contributed by atoms with van der Waals surface area (Å²) in [7, 11) is 1.54. The molecule has 1 N–H and O–H groups in total. The van der Waals surface area contributed by atoms with Gasteiger partial charge in [0.05, 0.1) is 12.1 Å². The van der Waals surface area contributed by atoms with Gasteiger partial charge < -0.3 is 4.74 Å². The normalized spacial score (nSPS) is 23.2. The summed E-state index contributed by atoms with van der Waals surface area (Å²) in [5.74, 6) is -0.783. The first-order valence-electron chi connectivity index (χ1n) is 7.55. The summed E-state index contributed by atoms with van der Waals surface area (Å²) in [6, 6.07) is -0.634. The summed E-state index contributed by atoms with van der Waals surface area (Å²) in [6.07, 6.45) is 4.78. The average Bonchev–Trinajstić information content (AvgIpc) is 2.69. The molecule has 0 aromatic heterocycles. The van der Waals surface area contributed by atoms with Crippen molar-refractivity contribution in [1.82, 2.24) is 10.2 Å². The van der Waals surface area contributed by atoms with Crippen molar-refractivity contribution in [2.75, 3.05) is 13.7 Å². The zero-order valence-corrected chi connectivity index (χ0v) is 13.0. The summed E-state index contributed by atoms with van der Waals surface area (Å²) in [5.41, 5.74) is -1.70. The molecule has 0 radical (unpaired) electrons. The van der Waals surface area contributed by atoms with E-state index in [1.807, 2.05) is 13.8 Å². The van der Waals surface area contributed by atoms with E-state index in [0.717, 1.165) is 30.6 Å². The summed E-state index contributed by atoms with van der Waals surface area (Å²) >= 11 is 0. The molecule has 1 saturated heterocycles. The largest absolute Gasteiger partial charge is 0.377 e. The van der Waals surface area contributed by atoms with Crippen LogP contribution in [0.3, 0.4) is 0 Å². The molecule has 4 amide bonds. The molecule has 0 bridgehead atoms. The van der Waals surface area contributed by atoms with Gasteiger partial charge in [-0.05, 0) is 26.7 Å². The lowest BCUT2D eigenvalue weighted by Crippen LogP contribution is -2.65. The fourth-order valence-electron chi connectivity index (χ4n) is 3.09. The molecule has 1 spiro atoms. The van der Waals surface area contributed by atoms with Gasteiger partial charge in [0, 0.05) is 7.11 Å². The van der Waals surface area contributed by atoms with Crippen LogP contribution in [0, 0.1) is 5.41 Å². The second kappa shape index (κ2) is 5.75. The molecule has 1 saturated carbocycles. The molecule has 0 unspecified atom stereocenters. The third-order valence-corrected chi connectivity index (χ3v) is 4.60.